The van der Waals surface area contributed by atoms with Crippen LogP contribution in [0.4, 0.5) is 4.39 Å². The van der Waals surface area contributed by atoms with Crippen LogP contribution in [0.25, 0.3) is 0 Å². The van der Waals surface area contributed by atoms with E-state index in [0.29, 0.717) is 19.0 Å². The van der Waals surface area contributed by atoms with E-state index in [0.717, 1.165) is 18.4 Å². The van der Waals surface area contributed by atoms with Crippen molar-refractivity contribution in [3.05, 3.63) is 52.0 Å². The standard InChI is InChI=1S/C16H20FN3OS.HI/c1-21-15-11-12(4-5-14(15)17)6-8-19-16(18)20-9-7-13-3-2-10-22-13;/h2-5,10-11H,6-9H2,1H3,(H3,18,19,20);1H. The van der Waals surface area contributed by atoms with E-state index in [-0.39, 0.29) is 35.5 Å². The minimum absolute atomic E-state index is 0. The Morgan fingerprint density at radius 1 is 1.35 bits per heavy atom. The Kier molecular flexibility index (Phi) is 8.93. The molecule has 0 aliphatic heterocycles. The molecule has 3 N–H and O–H groups in total. The van der Waals surface area contributed by atoms with Gasteiger partial charge in [-0.3, -0.25) is 4.99 Å². The first kappa shape index (κ1) is 19.7. The van der Waals surface area contributed by atoms with Gasteiger partial charge in [0.25, 0.3) is 0 Å². The zero-order chi connectivity index (χ0) is 15.8. The van der Waals surface area contributed by atoms with Crippen molar-refractivity contribution in [1.29, 1.82) is 0 Å². The summed E-state index contributed by atoms with van der Waals surface area (Å²) in [6.07, 6.45) is 1.62. The summed E-state index contributed by atoms with van der Waals surface area (Å²) in [5.74, 6) is 0.342. The number of nitrogens with one attached hydrogen (secondary N) is 1. The summed E-state index contributed by atoms with van der Waals surface area (Å²) in [5, 5.41) is 5.11. The van der Waals surface area contributed by atoms with Gasteiger partial charge in [-0.1, -0.05) is 12.1 Å². The number of nitrogens with zero attached hydrogens (tertiary/aromatic N) is 1. The molecular weight excluding hydrogens is 428 g/mol. The number of hydrogen-bond acceptors (Lipinski definition) is 3. The zero-order valence-corrected chi connectivity index (χ0v) is 16.1. The van der Waals surface area contributed by atoms with Gasteiger partial charge >= 0.3 is 0 Å². The highest BCUT2D eigenvalue weighted by atomic mass is 127. The molecule has 0 fully saturated rings. The number of guanidine groups is 1. The quantitative estimate of drug-likeness (QED) is 0.388. The predicted molar refractivity (Wildman–Crippen MR) is 105 cm³/mol. The fourth-order valence-corrected chi connectivity index (χ4v) is 2.69. The molecule has 0 atom stereocenters. The van der Waals surface area contributed by atoms with E-state index in [9.17, 15) is 4.39 Å². The van der Waals surface area contributed by atoms with Crippen LogP contribution in [-0.2, 0) is 12.8 Å². The Labute approximate surface area is 157 Å². The fourth-order valence-electron chi connectivity index (χ4n) is 1.99. The van der Waals surface area contributed by atoms with E-state index >= 15 is 0 Å². The Hall–Kier alpha value is -1.35. The molecule has 0 aliphatic rings. The first-order valence-electron chi connectivity index (χ1n) is 7.07. The monoisotopic (exact) mass is 449 g/mol. The summed E-state index contributed by atoms with van der Waals surface area (Å²) in [7, 11) is 1.46. The van der Waals surface area contributed by atoms with Crippen molar-refractivity contribution >= 4 is 41.3 Å². The smallest absolute Gasteiger partial charge is 0.188 e. The molecule has 1 aromatic carbocycles. The second-order valence-corrected chi connectivity index (χ2v) is 5.77. The molecule has 0 unspecified atom stereocenters. The Morgan fingerprint density at radius 3 is 2.87 bits per heavy atom. The van der Waals surface area contributed by atoms with Gasteiger partial charge in [-0.2, -0.15) is 0 Å². The topological polar surface area (TPSA) is 59.6 Å². The van der Waals surface area contributed by atoms with Gasteiger partial charge in [0.2, 0.25) is 0 Å². The molecule has 0 spiro atoms. The molecule has 126 valence electrons. The van der Waals surface area contributed by atoms with Gasteiger partial charge in [-0.25, -0.2) is 4.39 Å². The lowest BCUT2D eigenvalue weighted by Crippen LogP contribution is -2.33. The van der Waals surface area contributed by atoms with Crippen molar-refractivity contribution in [1.82, 2.24) is 5.32 Å². The fraction of sp³-hybridized carbons (Fsp3) is 0.312. The number of hydrogen-bond donors (Lipinski definition) is 2. The molecule has 7 heteroatoms. The third-order valence-corrected chi connectivity index (χ3v) is 4.09. The number of halogens is 2. The number of nitrogens with two attached hydrogens (primary N) is 1. The summed E-state index contributed by atoms with van der Waals surface area (Å²) in [4.78, 5) is 5.58. The van der Waals surface area contributed by atoms with Crippen molar-refractivity contribution in [2.24, 2.45) is 10.7 Å². The molecule has 1 aromatic heterocycles. The van der Waals surface area contributed by atoms with Gasteiger partial charge in [0.05, 0.1) is 7.11 Å². The van der Waals surface area contributed by atoms with Crippen LogP contribution in [0.2, 0.25) is 0 Å². The van der Waals surface area contributed by atoms with Gasteiger partial charge in [0.15, 0.2) is 17.5 Å². The number of benzene rings is 1. The maximum Gasteiger partial charge on any atom is 0.188 e. The van der Waals surface area contributed by atoms with Crippen LogP contribution in [0, 0.1) is 5.82 Å². The Balaban J connectivity index is 0.00000264. The molecule has 2 aromatic rings. The van der Waals surface area contributed by atoms with Crippen LogP contribution in [0.5, 0.6) is 5.75 Å². The summed E-state index contributed by atoms with van der Waals surface area (Å²) < 4.78 is 18.3. The summed E-state index contributed by atoms with van der Waals surface area (Å²) in [5.41, 5.74) is 6.80. The SMILES string of the molecule is COc1cc(CCNC(N)=NCCc2cccs2)ccc1F.I. The number of thiophene rings is 1. The molecule has 23 heavy (non-hydrogen) atoms. The average Bonchev–Trinajstić information content (AvgIpc) is 3.02. The molecule has 0 amide bonds. The van der Waals surface area contributed by atoms with E-state index in [2.05, 4.69) is 21.8 Å². The first-order chi connectivity index (χ1) is 10.7. The van der Waals surface area contributed by atoms with Gasteiger partial charge in [-0.05, 0) is 35.6 Å². The van der Waals surface area contributed by atoms with Crippen LogP contribution < -0.4 is 15.8 Å². The largest absolute Gasteiger partial charge is 0.494 e. The maximum absolute atomic E-state index is 13.3. The van der Waals surface area contributed by atoms with Crippen LogP contribution >= 0.6 is 35.3 Å². The molecule has 0 aliphatic carbocycles. The van der Waals surface area contributed by atoms with E-state index in [1.807, 2.05) is 6.07 Å². The lowest BCUT2D eigenvalue weighted by molar-refractivity contribution is 0.386. The minimum atomic E-state index is -0.353. The van der Waals surface area contributed by atoms with E-state index in [4.69, 9.17) is 10.5 Å². The van der Waals surface area contributed by atoms with Crippen LogP contribution in [-0.4, -0.2) is 26.2 Å². The molecule has 0 bridgehead atoms. The second-order valence-electron chi connectivity index (χ2n) is 4.74. The van der Waals surface area contributed by atoms with Crippen molar-refractivity contribution in [3.63, 3.8) is 0 Å². The first-order valence-corrected chi connectivity index (χ1v) is 7.95. The molecule has 1 heterocycles. The molecule has 4 nitrogen and oxygen atoms in total. The highest BCUT2D eigenvalue weighted by molar-refractivity contribution is 14.0. The van der Waals surface area contributed by atoms with E-state index in [1.54, 1.807) is 23.5 Å². The average molecular weight is 449 g/mol. The highest BCUT2D eigenvalue weighted by Crippen LogP contribution is 2.18. The van der Waals surface area contributed by atoms with Crippen LogP contribution in [0.1, 0.15) is 10.4 Å². The Morgan fingerprint density at radius 2 is 2.17 bits per heavy atom. The van der Waals surface area contributed by atoms with Crippen molar-refractivity contribution in [2.75, 3.05) is 20.2 Å². The number of aliphatic imine (C=N–C) groups is 1. The van der Waals surface area contributed by atoms with Gasteiger partial charge in [0.1, 0.15) is 0 Å². The summed E-state index contributed by atoms with van der Waals surface area (Å²) >= 11 is 1.72. The molecule has 0 saturated heterocycles. The maximum atomic E-state index is 13.3. The minimum Gasteiger partial charge on any atom is -0.494 e. The van der Waals surface area contributed by atoms with Gasteiger partial charge in [0, 0.05) is 24.4 Å². The second kappa shape index (κ2) is 10.4. The van der Waals surface area contributed by atoms with Crippen molar-refractivity contribution in [3.8, 4) is 5.75 Å². The predicted octanol–water partition coefficient (Wildman–Crippen LogP) is 3.20. The molecule has 0 radical (unpaired) electrons. The van der Waals surface area contributed by atoms with Gasteiger partial charge < -0.3 is 15.8 Å². The zero-order valence-electron chi connectivity index (χ0n) is 12.9. The molecular formula is C16H21FIN3OS. The molecule has 0 saturated carbocycles. The van der Waals surface area contributed by atoms with Crippen LogP contribution in [0.3, 0.4) is 0 Å². The van der Waals surface area contributed by atoms with E-state index in [1.165, 1.54) is 18.1 Å². The Bertz CT molecular complexity index is 620. The number of ether oxygens (including phenoxy) is 1. The summed E-state index contributed by atoms with van der Waals surface area (Å²) in [6.45, 7) is 1.31. The number of methoxy groups -OCH3 is 1. The van der Waals surface area contributed by atoms with Gasteiger partial charge in [-0.15, -0.1) is 35.3 Å². The van der Waals surface area contributed by atoms with Crippen molar-refractivity contribution in [2.45, 2.75) is 12.8 Å². The third kappa shape index (κ3) is 6.74. The summed E-state index contributed by atoms with van der Waals surface area (Å²) in [6, 6.07) is 8.96. The normalized spacial score (nSPS) is 11.0. The molecule has 2 rings (SSSR count). The highest BCUT2D eigenvalue weighted by Gasteiger charge is 2.03. The van der Waals surface area contributed by atoms with E-state index < -0.39 is 0 Å². The third-order valence-electron chi connectivity index (χ3n) is 3.16. The lowest BCUT2D eigenvalue weighted by atomic mass is 10.1. The lowest BCUT2D eigenvalue weighted by Gasteiger charge is -2.07. The van der Waals surface area contributed by atoms with Crippen LogP contribution in [0.15, 0.2) is 40.7 Å². The van der Waals surface area contributed by atoms with Crippen molar-refractivity contribution < 1.29 is 9.13 Å². The number of rotatable bonds is 7.